The van der Waals surface area contributed by atoms with E-state index in [4.69, 9.17) is 12.2 Å². The molecular formula is C25H20F3N5O2S. The lowest BCUT2D eigenvalue weighted by Crippen LogP contribution is -2.38. The van der Waals surface area contributed by atoms with Crippen molar-refractivity contribution in [1.82, 2.24) is 14.8 Å². The Morgan fingerprint density at radius 1 is 1.06 bits per heavy atom. The smallest absolute Gasteiger partial charge is 0.406 e. The molecule has 184 valence electrons. The number of anilines is 2. The van der Waals surface area contributed by atoms with Crippen LogP contribution in [0.3, 0.4) is 0 Å². The van der Waals surface area contributed by atoms with Crippen LogP contribution in [0.15, 0.2) is 79.1 Å². The van der Waals surface area contributed by atoms with E-state index in [0.717, 1.165) is 11.3 Å². The van der Waals surface area contributed by atoms with E-state index in [1.54, 1.807) is 24.3 Å². The Morgan fingerprint density at radius 2 is 1.75 bits per heavy atom. The number of benzene rings is 3. The fourth-order valence-electron chi connectivity index (χ4n) is 3.42. The highest BCUT2D eigenvalue weighted by atomic mass is 32.1. The molecule has 4 aromatic rings. The Labute approximate surface area is 210 Å². The minimum Gasteiger partial charge on any atom is -0.406 e. The number of nitrogens with zero attached hydrogens (tertiary/aromatic N) is 4. The van der Waals surface area contributed by atoms with Gasteiger partial charge in [0.05, 0.1) is 11.4 Å². The molecule has 0 atom stereocenters. The van der Waals surface area contributed by atoms with Crippen molar-refractivity contribution in [2.45, 2.75) is 20.2 Å². The van der Waals surface area contributed by atoms with E-state index in [2.05, 4.69) is 20.1 Å². The normalized spacial score (nSPS) is 11.1. The lowest BCUT2D eigenvalue weighted by molar-refractivity contribution is -0.274. The number of carbonyl (C=O) groups is 1. The second-order valence-electron chi connectivity index (χ2n) is 7.76. The molecule has 0 saturated carbocycles. The van der Waals surface area contributed by atoms with Gasteiger partial charge in [0.15, 0.2) is 10.9 Å². The topological polar surface area (TPSA) is 72.3 Å². The maximum absolute atomic E-state index is 12.4. The first-order valence-corrected chi connectivity index (χ1v) is 11.1. The lowest BCUT2D eigenvalue weighted by atomic mass is 10.2. The highest BCUT2D eigenvalue weighted by Gasteiger charge is 2.31. The number of amides is 1. The van der Waals surface area contributed by atoms with Gasteiger partial charge in [0, 0.05) is 18.2 Å². The van der Waals surface area contributed by atoms with Crippen molar-refractivity contribution in [3.05, 3.63) is 84.7 Å². The summed E-state index contributed by atoms with van der Waals surface area (Å²) in [6.45, 7) is 3.38. The number of nitrogens with one attached hydrogen (secondary N) is 1. The van der Waals surface area contributed by atoms with E-state index in [0.29, 0.717) is 22.8 Å². The van der Waals surface area contributed by atoms with Gasteiger partial charge in [-0.1, -0.05) is 12.1 Å². The summed E-state index contributed by atoms with van der Waals surface area (Å²) in [5.41, 5.74) is 3.58. The number of ether oxygens (including phenoxy) is 1. The first-order valence-electron chi connectivity index (χ1n) is 10.7. The van der Waals surface area contributed by atoms with Gasteiger partial charge in [0.25, 0.3) is 0 Å². The Hall–Kier alpha value is -4.25. The van der Waals surface area contributed by atoms with Crippen LogP contribution in [0, 0.1) is 6.92 Å². The molecule has 36 heavy (non-hydrogen) atoms. The van der Waals surface area contributed by atoms with Crippen molar-refractivity contribution >= 4 is 34.6 Å². The van der Waals surface area contributed by atoms with Gasteiger partial charge >= 0.3 is 6.36 Å². The van der Waals surface area contributed by atoms with Crippen molar-refractivity contribution in [2.24, 2.45) is 0 Å². The van der Waals surface area contributed by atoms with Crippen LogP contribution in [-0.4, -0.2) is 32.1 Å². The largest absolute Gasteiger partial charge is 0.573 e. The van der Waals surface area contributed by atoms with Crippen LogP contribution in [0.4, 0.5) is 24.5 Å². The van der Waals surface area contributed by atoms with Crippen molar-refractivity contribution in [1.29, 1.82) is 0 Å². The number of aromatic nitrogens is 3. The Morgan fingerprint density at radius 3 is 2.36 bits per heavy atom. The average Bonchev–Trinajstić information content (AvgIpc) is 3.29. The zero-order valence-electron chi connectivity index (χ0n) is 19.2. The van der Waals surface area contributed by atoms with Gasteiger partial charge in [-0.15, -0.1) is 18.3 Å². The fraction of sp³-hybridized carbons (Fsp3) is 0.120. The van der Waals surface area contributed by atoms with Crippen molar-refractivity contribution < 1.29 is 22.7 Å². The predicted octanol–water partition coefficient (Wildman–Crippen LogP) is 5.89. The molecule has 1 amide bonds. The summed E-state index contributed by atoms with van der Waals surface area (Å²) in [5, 5.41) is 7.71. The molecule has 1 N–H and O–H groups in total. The molecule has 0 saturated heterocycles. The fourth-order valence-corrected chi connectivity index (χ4v) is 3.78. The van der Waals surface area contributed by atoms with Gasteiger partial charge in [-0.2, -0.15) is 0 Å². The molecular weight excluding hydrogens is 491 g/mol. The van der Waals surface area contributed by atoms with Gasteiger partial charge in [-0.05, 0) is 85.4 Å². The van der Waals surface area contributed by atoms with Gasteiger partial charge < -0.3 is 10.1 Å². The third kappa shape index (κ3) is 6.05. The zero-order chi connectivity index (χ0) is 25.9. The number of alkyl halides is 3. The SMILES string of the molecule is CC(=O)N(C(=S)Nc1cccc(C)c1)c1ccc(-c2ncn(-c3ccc(OC(F)(F)F)cc3)n2)cc1. The third-order valence-electron chi connectivity index (χ3n) is 5.00. The molecule has 0 aliphatic heterocycles. The Balaban J connectivity index is 1.49. The minimum absolute atomic E-state index is 0.237. The Kier molecular flexibility index (Phi) is 7.02. The summed E-state index contributed by atoms with van der Waals surface area (Å²) in [6, 6.07) is 19.9. The lowest BCUT2D eigenvalue weighted by Gasteiger charge is -2.23. The number of hydrogen-bond acceptors (Lipinski definition) is 5. The predicted molar refractivity (Wildman–Crippen MR) is 134 cm³/mol. The second kappa shape index (κ2) is 10.2. The summed E-state index contributed by atoms with van der Waals surface area (Å²) in [6.07, 6.45) is -3.31. The van der Waals surface area contributed by atoms with E-state index in [9.17, 15) is 18.0 Å². The van der Waals surface area contributed by atoms with Crippen LogP contribution in [0.25, 0.3) is 17.1 Å². The first-order chi connectivity index (χ1) is 17.1. The molecule has 11 heteroatoms. The van der Waals surface area contributed by atoms with E-state index >= 15 is 0 Å². The molecule has 1 heterocycles. The minimum atomic E-state index is -4.76. The maximum atomic E-state index is 12.4. The number of carbonyl (C=O) groups excluding carboxylic acids is 1. The summed E-state index contributed by atoms with van der Waals surface area (Å²) in [4.78, 5) is 18.0. The van der Waals surface area contributed by atoms with Crippen LogP contribution in [0.5, 0.6) is 5.75 Å². The van der Waals surface area contributed by atoms with Gasteiger partial charge in [-0.3, -0.25) is 9.69 Å². The van der Waals surface area contributed by atoms with Crippen LogP contribution < -0.4 is 15.0 Å². The van der Waals surface area contributed by atoms with E-state index in [1.165, 1.54) is 47.1 Å². The Bertz CT molecular complexity index is 1390. The van der Waals surface area contributed by atoms with Gasteiger partial charge in [0.1, 0.15) is 12.1 Å². The van der Waals surface area contributed by atoms with Gasteiger partial charge in [0.2, 0.25) is 5.91 Å². The summed E-state index contributed by atoms with van der Waals surface area (Å²) in [5.74, 6) is -0.188. The molecule has 0 spiro atoms. The monoisotopic (exact) mass is 511 g/mol. The highest BCUT2D eigenvalue weighted by molar-refractivity contribution is 7.80. The van der Waals surface area contributed by atoms with E-state index in [1.807, 2.05) is 31.2 Å². The average molecular weight is 512 g/mol. The van der Waals surface area contributed by atoms with E-state index < -0.39 is 6.36 Å². The molecule has 4 rings (SSSR count). The first kappa shape index (κ1) is 24.9. The molecule has 0 unspecified atom stereocenters. The van der Waals surface area contributed by atoms with E-state index in [-0.39, 0.29) is 16.8 Å². The molecule has 0 bridgehead atoms. The third-order valence-corrected chi connectivity index (χ3v) is 5.28. The standard InChI is InChI=1S/C25H20F3N5O2S/c1-16-4-3-5-19(14-16)30-24(36)33(17(2)34)21-8-6-18(7-9-21)23-29-15-32(31-23)20-10-12-22(13-11-20)35-25(26,27)28/h3-15H,1-2H3,(H,30,36). The number of rotatable bonds is 5. The molecule has 0 aliphatic rings. The van der Waals surface area contributed by atoms with Crippen molar-refractivity contribution in [3.63, 3.8) is 0 Å². The number of halogens is 3. The van der Waals surface area contributed by atoms with Crippen LogP contribution in [-0.2, 0) is 4.79 Å². The van der Waals surface area contributed by atoms with Crippen LogP contribution >= 0.6 is 12.2 Å². The molecule has 0 radical (unpaired) electrons. The molecule has 3 aromatic carbocycles. The quantitative estimate of drug-likeness (QED) is 0.337. The van der Waals surface area contributed by atoms with Crippen LogP contribution in [0.1, 0.15) is 12.5 Å². The summed E-state index contributed by atoms with van der Waals surface area (Å²) >= 11 is 5.48. The number of aryl methyl sites for hydroxylation is 1. The zero-order valence-corrected chi connectivity index (χ0v) is 20.0. The summed E-state index contributed by atoms with van der Waals surface area (Å²) in [7, 11) is 0. The molecule has 0 aliphatic carbocycles. The molecule has 0 fully saturated rings. The van der Waals surface area contributed by atoms with Crippen LogP contribution in [0.2, 0.25) is 0 Å². The van der Waals surface area contributed by atoms with Crippen molar-refractivity contribution in [2.75, 3.05) is 10.2 Å². The highest BCUT2D eigenvalue weighted by Crippen LogP contribution is 2.25. The maximum Gasteiger partial charge on any atom is 0.573 e. The van der Waals surface area contributed by atoms with Gasteiger partial charge in [-0.25, -0.2) is 9.67 Å². The second-order valence-corrected chi connectivity index (χ2v) is 8.14. The number of thiocarbonyl (C=S) groups is 1. The summed E-state index contributed by atoms with van der Waals surface area (Å²) < 4.78 is 42.4. The number of hydrogen-bond donors (Lipinski definition) is 1. The van der Waals surface area contributed by atoms with Crippen molar-refractivity contribution in [3.8, 4) is 22.8 Å². The molecule has 1 aromatic heterocycles. The molecule has 7 nitrogen and oxygen atoms in total.